The molecular formula is C13H18O3. The van der Waals surface area contributed by atoms with Crippen molar-refractivity contribution < 1.29 is 14.6 Å². The normalized spacial score (nSPS) is 16.9. The van der Waals surface area contributed by atoms with Crippen LogP contribution in [0.5, 0.6) is 11.5 Å². The van der Waals surface area contributed by atoms with Crippen molar-refractivity contribution in [3.8, 4) is 11.5 Å². The summed E-state index contributed by atoms with van der Waals surface area (Å²) in [5, 5.41) is 9.67. The summed E-state index contributed by atoms with van der Waals surface area (Å²) < 4.78 is 11.0. The fourth-order valence-corrected chi connectivity index (χ4v) is 1.66. The Balaban J connectivity index is 2.21. The number of hydrogen-bond donors (Lipinski definition) is 1. The molecule has 1 aliphatic rings. The molecule has 1 fully saturated rings. The molecule has 88 valence electrons. The molecule has 1 aromatic rings. The van der Waals surface area contributed by atoms with E-state index < -0.39 is 6.10 Å². The van der Waals surface area contributed by atoms with Crippen molar-refractivity contribution in [2.75, 3.05) is 13.7 Å². The SMILES string of the molecule is COc1cccc(C(C)O)c1OCC1CC1. The highest BCUT2D eigenvalue weighted by Gasteiger charge is 2.23. The first-order chi connectivity index (χ1) is 7.72. The average Bonchev–Trinajstić information content (AvgIpc) is 3.09. The summed E-state index contributed by atoms with van der Waals surface area (Å²) in [6, 6.07) is 5.59. The number of benzene rings is 1. The van der Waals surface area contributed by atoms with Crippen molar-refractivity contribution in [2.24, 2.45) is 5.92 Å². The van der Waals surface area contributed by atoms with Crippen LogP contribution in [0.3, 0.4) is 0 Å². The Kier molecular flexibility index (Phi) is 3.34. The van der Waals surface area contributed by atoms with Crippen LogP contribution in [-0.2, 0) is 0 Å². The van der Waals surface area contributed by atoms with Crippen LogP contribution in [0.25, 0.3) is 0 Å². The largest absolute Gasteiger partial charge is 0.493 e. The highest BCUT2D eigenvalue weighted by atomic mass is 16.5. The zero-order valence-electron chi connectivity index (χ0n) is 9.77. The average molecular weight is 222 g/mol. The van der Waals surface area contributed by atoms with Gasteiger partial charge < -0.3 is 14.6 Å². The van der Waals surface area contributed by atoms with E-state index in [1.165, 1.54) is 12.8 Å². The van der Waals surface area contributed by atoms with Gasteiger partial charge >= 0.3 is 0 Å². The Morgan fingerprint density at radius 3 is 2.75 bits per heavy atom. The van der Waals surface area contributed by atoms with Gasteiger partial charge in [-0.2, -0.15) is 0 Å². The molecule has 1 saturated carbocycles. The Labute approximate surface area is 96.0 Å². The van der Waals surface area contributed by atoms with Gasteiger partial charge in [-0.25, -0.2) is 0 Å². The van der Waals surface area contributed by atoms with Crippen LogP contribution in [0, 0.1) is 5.92 Å². The Morgan fingerprint density at radius 2 is 2.19 bits per heavy atom. The van der Waals surface area contributed by atoms with Crippen LogP contribution >= 0.6 is 0 Å². The first-order valence-electron chi connectivity index (χ1n) is 5.70. The van der Waals surface area contributed by atoms with Crippen molar-refractivity contribution in [2.45, 2.75) is 25.9 Å². The Hall–Kier alpha value is -1.22. The van der Waals surface area contributed by atoms with Crippen molar-refractivity contribution in [1.29, 1.82) is 0 Å². The Morgan fingerprint density at radius 1 is 1.44 bits per heavy atom. The quantitative estimate of drug-likeness (QED) is 0.832. The maximum Gasteiger partial charge on any atom is 0.166 e. The standard InChI is InChI=1S/C13H18O3/c1-9(14)11-4-3-5-12(15-2)13(11)16-8-10-6-7-10/h3-5,9-10,14H,6-8H2,1-2H3. The molecular weight excluding hydrogens is 204 g/mol. The molecule has 1 unspecified atom stereocenters. The van der Waals surface area contributed by atoms with Crippen molar-refractivity contribution in [1.82, 2.24) is 0 Å². The van der Waals surface area contributed by atoms with Crippen LogP contribution in [-0.4, -0.2) is 18.8 Å². The second-order valence-electron chi connectivity index (χ2n) is 4.31. The summed E-state index contributed by atoms with van der Waals surface area (Å²) >= 11 is 0. The minimum Gasteiger partial charge on any atom is -0.493 e. The van der Waals surface area contributed by atoms with Gasteiger partial charge in [-0.15, -0.1) is 0 Å². The molecule has 0 amide bonds. The van der Waals surface area contributed by atoms with E-state index in [0.29, 0.717) is 17.4 Å². The van der Waals surface area contributed by atoms with Crippen LogP contribution < -0.4 is 9.47 Å². The second kappa shape index (κ2) is 4.74. The summed E-state index contributed by atoms with van der Waals surface area (Å²) in [4.78, 5) is 0. The summed E-state index contributed by atoms with van der Waals surface area (Å²) in [5.74, 6) is 2.07. The van der Waals surface area contributed by atoms with Crippen LogP contribution in [0.1, 0.15) is 31.4 Å². The third-order valence-corrected chi connectivity index (χ3v) is 2.84. The molecule has 0 aliphatic heterocycles. The molecule has 0 saturated heterocycles. The van der Waals surface area contributed by atoms with Gasteiger partial charge in [-0.05, 0) is 31.7 Å². The van der Waals surface area contributed by atoms with Crippen LogP contribution in [0.15, 0.2) is 18.2 Å². The van der Waals surface area contributed by atoms with E-state index in [1.54, 1.807) is 14.0 Å². The van der Waals surface area contributed by atoms with E-state index in [9.17, 15) is 5.11 Å². The highest BCUT2D eigenvalue weighted by Crippen LogP contribution is 2.37. The molecule has 1 atom stereocenters. The van der Waals surface area contributed by atoms with Gasteiger partial charge in [0.1, 0.15) is 0 Å². The van der Waals surface area contributed by atoms with Gasteiger partial charge in [-0.1, -0.05) is 12.1 Å². The first kappa shape index (κ1) is 11.3. The van der Waals surface area contributed by atoms with Gasteiger partial charge in [0.25, 0.3) is 0 Å². The lowest BCUT2D eigenvalue weighted by Gasteiger charge is -2.16. The van der Waals surface area contributed by atoms with Gasteiger partial charge in [0.05, 0.1) is 19.8 Å². The lowest BCUT2D eigenvalue weighted by atomic mass is 10.1. The van der Waals surface area contributed by atoms with Gasteiger partial charge in [0, 0.05) is 5.56 Å². The lowest BCUT2D eigenvalue weighted by molar-refractivity contribution is 0.188. The van der Waals surface area contributed by atoms with E-state index in [-0.39, 0.29) is 0 Å². The molecule has 2 rings (SSSR count). The number of rotatable bonds is 5. The van der Waals surface area contributed by atoms with Gasteiger partial charge in [0.2, 0.25) is 0 Å². The number of aliphatic hydroxyl groups excluding tert-OH is 1. The zero-order valence-corrected chi connectivity index (χ0v) is 9.77. The number of para-hydroxylation sites is 1. The molecule has 1 aliphatic carbocycles. The monoisotopic (exact) mass is 222 g/mol. The van der Waals surface area contributed by atoms with E-state index in [2.05, 4.69) is 0 Å². The topological polar surface area (TPSA) is 38.7 Å². The number of methoxy groups -OCH3 is 1. The van der Waals surface area contributed by atoms with Crippen LogP contribution in [0.4, 0.5) is 0 Å². The number of hydrogen-bond acceptors (Lipinski definition) is 3. The van der Waals surface area contributed by atoms with E-state index in [1.807, 2.05) is 18.2 Å². The van der Waals surface area contributed by atoms with Gasteiger partial charge in [-0.3, -0.25) is 0 Å². The third-order valence-electron chi connectivity index (χ3n) is 2.84. The summed E-state index contributed by atoms with van der Waals surface area (Å²) in [5.41, 5.74) is 0.792. The molecule has 0 spiro atoms. The first-order valence-corrected chi connectivity index (χ1v) is 5.70. The minimum absolute atomic E-state index is 0.538. The van der Waals surface area contributed by atoms with E-state index in [0.717, 1.165) is 12.2 Å². The highest BCUT2D eigenvalue weighted by molar-refractivity contribution is 5.47. The fourth-order valence-electron chi connectivity index (χ4n) is 1.66. The summed E-state index contributed by atoms with van der Waals surface area (Å²) in [7, 11) is 1.62. The van der Waals surface area contributed by atoms with Gasteiger partial charge in [0.15, 0.2) is 11.5 Å². The minimum atomic E-state index is -0.538. The molecule has 0 heterocycles. The predicted octanol–water partition coefficient (Wildman–Crippen LogP) is 2.54. The molecule has 1 N–H and O–H groups in total. The molecule has 1 aromatic carbocycles. The molecule has 0 radical (unpaired) electrons. The maximum atomic E-state index is 9.67. The molecule has 0 aromatic heterocycles. The third kappa shape index (κ3) is 2.47. The summed E-state index contributed by atoms with van der Waals surface area (Å²) in [6.45, 7) is 2.46. The smallest absolute Gasteiger partial charge is 0.166 e. The number of aliphatic hydroxyl groups is 1. The van der Waals surface area contributed by atoms with Crippen LogP contribution in [0.2, 0.25) is 0 Å². The predicted molar refractivity (Wildman–Crippen MR) is 61.8 cm³/mol. The molecule has 0 bridgehead atoms. The maximum absolute atomic E-state index is 9.67. The second-order valence-corrected chi connectivity index (χ2v) is 4.31. The molecule has 16 heavy (non-hydrogen) atoms. The fraction of sp³-hybridized carbons (Fsp3) is 0.538. The Bertz CT molecular complexity index is 356. The molecule has 3 nitrogen and oxygen atoms in total. The number of ether oxygens (including phenoxy) is 2. The molecule has 3 heteroatoms. The summed E-state index contributed by atoms with van der Waals surface area (Å²) in [6.07, 6.45) is 1.96. The zero-order chi connectivity index (χ0) is 11.5. The van der Waals surface area contributed by atoms with E-state index >= 15 is 0 Å². The van der Waals surface area contributed by atoms with E-state index in [4.69, 9.17) is 9.47 Å². The van der Waals surface area contributed by atoms with Crippen molar-refractivity contribution in [3.63, 3.8) is 0 Å². The van der Waals surface area contributed by atoms with Crippen molar-refractivity contribution >= 4 is 0 Å². The van der Waals surface area contributed by atoms with Crippen molar-refractivity contribution in [3.05, 3.63) is 23.8 Å². The lowest BCUT2D eigenvalue weighted by Crippen LogP contribution is -2.05.